The lowest BCUT2D eigenvalue weighted by atomic mass is 10.1. The molecular weight excluding hydrogens is 350 g/mol. The molecule has 0 saturated carbocycles. The van der Waals surface area contributed by atoms with Crippen molar-refractivity contribution >= 4 is 22.5 Å². The van der Waals surface area contributed by atoms with Gasteiger partial charge in [-0.05, 0) is 49.2 Å². The highest BCUT2D eigenvalue weighted by molar-refractivity contribution is 6.04. The maximum Gasteiger partial charge on any atom is 0.242 e. The van der Waals surface area contributed by atoms with Gasteiger partial charge in [-0.15, -0.1) is 0 Å². The molecule has 1 aliphatic heterocycles. The average molecular weight is 369 g/mol. The summed E-state index contributed by atoms with van der Waals surface area (Å²) in [7, 11) is 0. The highest BCUT2D eigenvalue weighted by Gasteiger charge is 2.20. The van der Waals surface area contributed by atoms with Gasteiger partial charge in [0.05, 0.1) is 18.0 Å². The van der Waals surface area contributed by atoms with Crippen LogP contribution in [-0.2, 0) is 6.42 Å². The molecule has 0 bridgehead atoms. The van der Waals surface area contributed by atoms with Crippen LogP contribution in [0.3, 0.4) is 0 Å². The van der Waals surface area contributed by atoms with Gasteiger partial charge in [0, 0.05) is 18.2 Å². The van der Waals surface area contributed by atoms with Gasteiger partial charge in [-0.25, -0.2) is 9.98 Å². The van der Waals surface area contributed by atoms with Crippen LogP contribution in [0.2, 0.25) is 0 Å². The molecule has 5 rings (SSSR count). The van der Waals surface area contributed by atoms with Crippen molar-refractivity contribution in [3.63, 3.8) is 0 Å². The fourth-order valence-corrected chi connectivity index (χ4v) is 3.40. The highest BCUT2D eigenvalue weighted by Crippen LogP contribution is 2.31. The van der Waals surface area contributed by atoms with Gasteiger partial charge < -0.3 is 9.15 Å². The Morgan fingerprint density at radius 1 is 1.00 bits per heavy atom. The van der Waals surface area contributed by atoms with Crippen LogP contribution < -0.4 is 4.74 Å². The average Bonchev–Trinajstić information content (AvgIpc) is 3.31. The smallest absolute Gasteiger partial charge is 0.242 e. The number of aromatic nitrogens is 2. The third kappa shape index (κ3) is 3.05. The van der Waals surface area contributed by atoms with Crippen molar-refractivity contribution in [1.29, 1.82) is 0 Å². The maximum atomic E-state index is 6.05. The van der Waals surface area contributed by atoms with Gasteiger partial charge in [-0.2, -0.15) is 0 Å². The predicted molar refractivity (Wildman–Crippen MR) is 109 cm³/mol. The van der Waals surface area contributed by atoms with E-state index in [0.717, 1.165) is 45.8 Å². The quantitative estimate of drug-likeness (QED) is 0.486. The third-order valence-electron chi connectivity index (χ3n) is 4.66. The second-order valence-corrected chi connectivity index (χ2v) is 7.14. The number of aliphatic imine (C=N–C) groups is 1. The zero-order valence-corrected chi connectivity index (χ0v) is 15.7. The van der Waals surface area contributed by atoms with Gasteiger partial charge in [-0.3, -0.25) is 4.98 Å². The Morgan fingerprint density at radius 3 is 2.75 bits per heavy atom. The number of hydrogen-bond donors (Lipinski definition) is 0. The van der Waals surface area contributed by atoms with E-state index in [0.29, 0.717) is 5.89 Å². The van der Waals surface area contributed by atoms with Crippen LogP contribution in [0.15, 0.2) is 70.3 Å². The number of rotatable bonds is 4. The molecule has 5 heteroatoms. The molecule has 3 heterocycles. The first kappa shape index (κ1) is 16.7. The molecule has 0 spiro atoms. The standard InChI is InChI=1S/C23H19N3O2/c1-14(2)27-18-9-17(12-24-13-18)15-7-8-20-22(11-15)28-23(26-20)21-10-16-5-3-4-6-19(16)25-21/h3-9,11-14H,10H2,1-2H3. The molecule has 0 N–H and O–H groups in total. The van der Waals surface area contributed by atoms with Gasteiger partial charge in [0.15, 0.2) is 5.58 Å². The minimum atomic E-state index is 0.104. The summed E-state index contributed by atoms with van der Waals surface area (Å²) >= 11 is 0. The minimum absolute atomic E-state index is 0.104. The molecule has 1 aliphatic rings. The first-order valence-electron chi connectivity index (χ1n) is 9.34. The zero-order valence-electron chi connectivity index (χ0n) is 15.7. The summed E-state index contributed by atoms with van der Waals surface area (Å²) in [4.78, 5) is 13.6. The largest absolute Gasteiger partial charge is 0.489 e. The number of hydrogen-bond acceptors (Lipinski definition) is 5. The topological polar surface area (TPSA) is 60.5 Å². The third-order valence-corrected chi connectivity index (χ3v) is 4.66. The number of nitrogens with zero attached hydrogens (tertiary/aromatic N) is 3. The summed E-state index contributed by atoms with van der Waals surface area (Å²) in [5, 5.41) is 0. The van der Waals surface area contributed by atoms with Crippen LogP contribution in [0.4, 0.5) is 5.69 Å². The number of pyridine rings is 1. The Balaban J connectivity index is 1.48. The van der Waals surface area contributed by atoms with Crippen molar-refractivity contribution in [2.45, 2.75) is 26.4 Å². The molecule has 2 aromatic heterocycles. The lowest BCUT2D eigenvalue weighted by Gasteiger charge is -2.10. The molecule has 0 fully saturated rings. The van der Waals surface area contributed by atoms with E-state index in [4.69, 9.17) is 9.15 Å². The number of ether oxygens (including phenoxy) is 1. The minimum Gasteiger partial charge on any atom is -0.489 e. The zero-order chi connectivity index (χ0) is 19.1. The summed E-state index contributed by atoms with van der Waals surface area (Å²) in [5.74, 6) is 1.34. The fourth-order valence-electron chi connectivity index (χ4n) is 3.40. The number of fused-ring (bicyclic) bond motifs is 2. The van der Waals surface area contributed by atoms with E-state index < -0.39 is 0 Å². The van der Waals surface area contributed by atoms with E-state index in [1.165, 1.54) is 5.56 Å². The van der Waals surface area contributed by atoms with E-state index in [2.05, 4.69) is 21.0 Å². The summed E-state index contributed by atoms with van der Waals surface area (Å²) in [6.45, 7) is 4.00. The monoisotopic (exact) mass is 369 g/mol. The van der Waals surface area contributed by atoms with E-state index in [1.54, 1.807) is 6.20 Å². The Hall–Kier alpha value is -3.47. The molecular formula is C23H19N3O2. The summed E-state index contributed by atoms with van der Waals surface area (Å²) < 4.78 is 11.8. The van der Waals surface area contributed by atoms with Crippen molar-refractivity contribution in [2.24, 2.45) is 4.99 Å². The van der Waals surface area contributed by atoms with Crippen molar-refractivity contribution in [1.82, 2.24) is 9.97 Å². The fraction of sp³-hybridized carbons (Fsp3) is 0.174. The molecule has 0 amide bonds. The molecule has 0 saturated heterocycles. The first-order chi connectivity index (χ1) is 13.7. The van der Waals surface area contributed by atoms with Gasteiger partial charge in [0.1, 0.15) is 17.0 Å². The number of oxazole rings is 1. The maximum absolute atomic E-state index is 6.05. The summed E-state index contributed by atoms with van der Waals surface area (Å²) in [5.41, 5.74) is 6.60. The van der Waals surface area contributed by atoms with E-state index in [1.807, 2.05) is 62.5 Å². The van der Waals surface area contributed by atoms with Crippen LogP contribution in [0.25, 0.3) is 22.2 Å². The lowest BCUT2D eigenvalue weighted by Crippen LogP contribution is -2.05. The molecule has 138 valence electrons. The van der Waals surface area contributed by atoms with E-state index >= 15 is 0 Å². The van der Waals surface area contributed by atoms with Gasteiger partial charge in [-0.1, -0.05) is 24.3 Å². The SMILES string of the molecule is CC(C)Oc1cncc(-c2ccc3nc(C4=Nc5ccccc5C4)oc3c2)c1. The van der Waals surface area contributed by atoms with Crippen LogP contribution >= 0.6 is 0 Å². The van der Waals surface area contributed by atoms with Crippen molar-refractivity contribution in [2.75, 3.05) is 0 Å². The van der Waals surface area contributed by atoms with E-state index in [-0.39, 0.29) is 6.10 Å². The molecule has 0 atom stereocenters. The molecule has 28 heavy (non-hydrogen) atoms. The molecule has 0 aliphatic carbocycles. The first-order valence-corrected chi connectivity index (χ1v) is 9.34. The Bertz CT molecular complexity index is 1210. The van der Waals surface area contributed by atoms with Crippen molar-refractivity contribution in [3.8, 4) is 16.9 Å². The molecule has 5 nitrogen and oxygen atoms in total. The highest BCUT2D eigenvalue weighted by atomic mass is 16.5. The van der Waals surface area contributed by atoms with Crippen LogP contribution in [0.5, 0.6) is 5.75 Å². The molecule has 0 unspecified atom stereocenters. The Morgan fingerprint density at radius 2 is 1.89 bits per heavy atom. The molecule has 2 aromatic carbocycles. The Labute approximate surface area is 162 Å². The van der Waals surface area contributed by atoms with Crippen molar-refractivity contribution < 1.29 is 9.15 Å². The number of para-hydroxylation sites is 1. The van der Waals surface area contributed by atoms with Crippen LogP contribution in [-0.4, -0.2) is 21.8 Å². The molecule has 4 aromatic rings. The predicted octanol–water partition coefficient (Wildman–Crippen LogP) is 5.35. The van der Waals surface area contributed by atoms with Gasteiger partial charge >= 0.3 is 0 Å². The second-order valence-electron chi connectivity index (χ2n) is 7.14. The lowest BCUT2D eigenvalue weighted by molar-refractivity contribution is 0.241. The number of benzene rings is 2. The normalized spacial score (nSPS) is 13.0. The van der Waals surface area contributed by atoms with Crippen molar-refractivity contribution in [3.05, 3.63) is 72.4 Å². The van der Waals surface area contributed by atoms with Gasteiger partial charge in [0.25, 0.3) is 0 Å². The van der Waals surface area contributed by atoms with Crippen LogP contribution in [0.1, 0.15) is 25.3 Å². The summed E-state index contributed by atoms with van der Waals surface area (Å²) in [6.07, 6.45) is 4.40. The Kier molecular flexibility index (Phi) is 3.93. The van der Waals surface area contributed by atoms with Crippen LogP contribution in [0, 0.1) is 0 Å². The van der Waals surface area contributed by atoms with E-state index in [9.17, 15) is 0 Å². The van der Waals surface area contributed by atoms with Gasteiger partial charge in [0.2, 0.25) is 5.89 Å². The molecule has 0 radical (unpaired) electrons. The summed E-state index contributed by atoms with van der Waals surface area (Å²) in [6, 6.07) is 16.1. The second kappa shape index (κ2) is 6.60.